The standard InChI is InChI=1S/C25H28N4OS/c1-6-29(7-2)19-10-13-22(16(3)14-19)28-24-23-21(15-31-25(23)27-17(4)26-24)18-8-11-20(30-5)12-9-18/h8-15H,6-7H2,1-5H3,(H,26,27,28). The van der Waals surface area contributed by atoms with Gasteiger partial charge in [0.05, 0.1) is 12.5 Å². The lowest BCUT2D eigenvalue weighted by Gasteiger charge is -2.22. The number of aryl methyl sites for hydroxylation is 2. The summed E-state index contributed by atoms with van der Waals surface area (Å²) < 4.78 is 5.31. The van der Waals surface area contributed by atoms with E-state index in [-0.39, 0.29) is 0 Å². The van der Waals surface area contributed by atoms with Crippen LogP contribution in [-0.2, 0) is 0 Å². The van der Waals surface area contributed by atoms with Crippen molar-refractivity contribution in [3.8, 4) is 16.9 Å². The van der Waals surface area contributed by atoms with Gasteiger partial charge in [0.25, 0.3) is 0 Å². The Bertz CT molecular complexity index is 1200. The summed E-state index contributed by atoms with van der Waals surface area (Å²) in [6, 6.07) is 14.7. The molecule has 0 aliphatic heterocycles. The lowest BCUT2D eigenvalue weighted by atomic mass is 10.1. The molecule has 1 N–H and O–H groups in total. The van der Waals surface area contributed by atoms with E-state index >= 15 is 0 Å². The molecule has 0 radical (unpaired) electrons. The summed E-state index contributed by atoms with van der Waals surface area (Å²) in [4.78, 5) is 12.8. The zero-order chi connectivity index (χ0) is 22.0. The average Bonchev–Trinajstić information content (AvgIpc) is 3.20. The lowest BCUT2D eigenvalue weighted by Crippen LogP contribution is -2.21. The van der Waals surface area contributed by atoms with Crippen molar-refractivity contribution in [2.45, 2.75) is 27.7 Å². The maximum absolute atomic E-state index is 5.31. The van der Waals surface area contributed by atoms with Crippen LogP contribution < -0.4 is 15.0 Å². The molecule has 0 saturated carbocycles. The number of hydrogen-bond acceptors (Lipinski definition) is 6. The minimum atomic E-state index is 0.760. The number of methoxy groups -OCH3 is 1. The summed E-state index contributed by atoms with van der Waals surface area (Å²) in [6.07, 6.45) is 0. The van der Waals surface area contributed by atoms with Gasteiger partial charge in [-0.3, -0.25) is 0 Å². The summed E-state index contributed by atoms with van der Waals surface area (Å²) in [6.45, 7) is 10.4. The van der Waals surface area contributed by atoms with Crippen LogP contribution >= 0.6 is 11.3 Å². The van der Waals surface area contributed by atoms with E-state index < -0.39 is 0 Å². The molecule has 2 aromatic carbocycles. The van der Waals surface area contributed by atoms with Crippen molar-refractivity contribution in [1.29, 1.82) is 0 Å². The molecule has 0 unspecified atom stereocenters. The Morgan fingerprint density at radius 3 is 2.39 bits per heavy atom. The molecule has 6 heteroatoms. The number of anilines is 3. The average molecular weight is 433 g/mol. The molecular formula is C25H28N4OS. The molecule has 0 fully saturated rings. The summed E-state index contributed by atoms with van der Waals surface area (Å²) in [5, 5.41) is 6.79. The van der Waals surface area contributed by atoms with Crippen molar-refractivity contribution in [2.24, 2.45) is 0 Å². The molecule has 4 aromatic rings. The predicted octanol–water partition coefficient (Wildman–Crippen LogP) is 6.57. The molecule has 4 rings (SSSR count). The van der Waals surface area contributed by atoms with Crippen molar-refractivity contribution in [1.82, 2.24) is 9.97 Å². The molecule has 0 aliphatic carbocycles. The highest BCUT2D eigenvalue weighted by atomic mass is 32.1. The molecule has 2 heterocycles. The molecule has 0 bridgehead atoms. The summed E-state index contributed by atoms with van der Waals surface area (Å²) >= 11 is 1.65. The van der Waals surface area contributed by atoms with E-state index in [4.69, 9.17) is 9.72 Å². The van der Waals surface area contributed by atoms with Gasteiger partial charge < -0.3 is 15.0 Å². The van der Waals surface area contributed by atoms with Gasteiger partial charge in [0.15, 0.2) is 0 Å². The molecule has 0 amide bonds. The number of fused-ring (bicyclic) bond motifs is 1. The first kappa shape index (κ1) is 21.1. The van der Waals surface area contributed by atoms with Crippen LogP contribution in [0.1, 0.15) is 25.2 Å². The monoisotopic (exact) mass is 432 g/mol. The van der Waals surface area contributed by atoms with Crippen LogP contribution in [0, 0.1) is 13.8 Å². The van der Waals surface area contributed by atoms with Crippen LogP contribution in [0.2, 0.25) is 0 Å². The fraction of sp³-hybridized carbons (Fsp3) is 0.280. The number of thiophene rings is 1. The number of rotatable bonds is 7. The highest BCUT2D eigenvalue weighted by Crippen LogP contribution is 2.39. The van der Waals surface area contributed by atoms with E-state index in [1.165, 1.54) is 11.3 Å². The first-order valence-electron chi connectivity index (χ1n) is 10.6. The normalized spacial score (nSPS) is 11.0. The predicted molar refractivity (Wildman–Crippen MR) is 132 cm³/mol. The number of hydrogen-bond donors (Lipinski definition) is 1. The second-order valence-corrected chi connectivity index (χ2v) is 8.33. The van der Waals surface area contributed by atoms with E-state index in [0.717, 1.165) is 57.5 Å². The SMILES string of the molecule is CCN(CC)c1ccc(Nc2nc(C)nc3scc(-c4ccc(OC)cc4)c23)c(C)c1. The lowest BCUT2D eigenvalue weighted by molar-refractivity contribution is 0.415. The van der Waals surface area contributed by atoms with Crippen molar-refractivity contribution < 1.29 is 4.74 Å². The third-order valence-electron chi connectivity index (χ3n) is 5.54. The third kappa shape index (κ3) is 4.21. The molecule has 5 nitrogen and oxygen atoms in total. The molecule has 31 heavy (non-hydrogen) atoms. The first-order chi connectivity index (χ1) is 15.0. The zero-order valence-electron chi connectivity index (χ0n) is 18.7. The van der Waals surface area contributed by atoms with Gasteiger partial charge in [-0.05, 0) is 69.2 Å². The van der Waals surface area contributed by atoms with E-state index in [1.807, 2.05) is 19.1 Å². The number of benzene rings is 2. The van der Waals surface area contributed by atoms with E-state index in [1.54, 1.807) is 18.4 Å². The Balaban J connectivity index is 1.76. The van der Waals surface area contributed by atoms with Gasteiger partial charge in [-0.2, -0.15) is 0 Å². The van der Waals surface area contributed by atoms with E-state index in [9.17, 15) is 0 Å². The van der Waals surface area contributed by atoms with Gasteiger partial charge >= 0.3 is 0 Å². The molecular weight excluding hydrogens is 404 g/mol. The highest BCUT2D eigenvalue weighted by molar-refractivity contribution is 7.17. The van der Waals surface area contributed by atoms with E-state index in [0.29, 0.717) is 0 Å². The smallest absolute Gasteiger partial charge is 0.143 e. The first-order valence-corrected chi connectivity index (χ1v) is 11.4. The van der Waals surface area contributed by atoms with Gasteiger partial charge in [-0.1, -0.05) is 12.1 Å². The van der Waals surface area contributed by atoms with Crippen molar-refractivity contribution in [3.63, 3.8) is 0 Å². The molecule has 2 aromatic heterocycles. The van der Waals surface area contributed by atoms with Gasteiger partial charge in [-0.25, -0.2) is 9.97 Å². The molecule has 160 valence electrons. The molecule has 0 atom stereocenters. The van der Waals surface area contributed by atoms with Crippen LogP contribution in [0.5, 0.6) is 5.75 Å². The van der Waals surface area contributed by atoms with Gasteiger partial charge in [0.2, 0.25) is 0 Å². The second-order valence-electron chi connectivity index (χ2n) is 7.47. The summed E-state index contributed by atoms with van der Waals surface area (Å²) in [7, 11) is 1.68. The number of nitrogens with one attached hydrogen (secondary N) is 1. The largest absolute Gasteiger partial charge is 0.497 e. The number of ether oxygens (including phenoxy) is 1. The zero-order valence-corrected chi connectivity index (χ0v) is 19.5. The van der Waals surface area contributed by atoms with E-state index in [2.05, 4.69) is 71.7 Å². The molecule has 0 spiro atoms. The second kappa shape index (κ2) is 8.94. The van der Waals surface area contributed by atoms with Gasteiger partial charge in [0.1, 0.15) is 22.2 Å². The highest BCUT2D eigenvalue weighted by Gasteiger charge is 2.16. The van der Waals surface area contributed by atoms with Crippen molar-refractivity contribution in [3.05, 3.63) is 59.2 Å². The van der Waals surface area contributed by atoms with Crippen LogP contribution in [-0.4, -0.2) is 30.2 Å². The fourth-order valence-corrected chi connectivity index (χ4v) is 4.82. The van der Waals surface area contributed by atoms with Crippen LogP contribution in [0.3, 0.4) is 0 Å². The van der Waals surface area contributed by atoms with Crippen LogP contribution in [0.25, 0.3) is 21.3 Å². The quantitative estimate of drug-likeness (QED) is 0.358. The van der Waals surface area contributed by atoms with Crippen molar-refractivity contribution in [2.75, 3.05) is 30.4 Å². The molecule has 0 saturated heterocycles. The molecule has 0 aliphatic rings. The van der Waals surface area contributed by atoms with Gasteiger partial charge in [-0.15, -0.1) is 11.3 Å². The Labute approximate surface area is 187 Å². The van der Waals surface area contributed by atoms with Crippen molar-refractivity contribution >= 4 is 38.7 Å². The minimum Gasteiger partial charge on any atom is -0.497 e. The Kier molecular flexibility index (Phi) is 6.09. The minimum absolute atomic E-state index is 0.760. The van der Waals surface area contributed by atoms with Crippen LogP contribution in [0.4, 0.5) is 17.2 Å². The summed E-state index contributed by atoms with van der Waals surface area (Å²) in [5.41, 5.74) is 5.74. The Hall–Kier alpha value is -3.12. The third-order valence-corrected chi connectivity index (χ3v) is 6.41. The maximum Gasteiger partial charge on any atom is 0.143 e. The topological polar surface area (TPSA) is 50.3 Å². The van der Waals surface area contributed by atoms with Crippen LogP contribution in [0.15, 0.2) is 47.8 Å². The maximum atomic E-state index is 5.31. The number of nitrogens with zero attached hydrogens (tertiary/aromatic N) is 3. The Morgan fingerprint density at radius 2 is 1.74 bits per heavy atom. The van der Waals surface area contributed by atoms with Gasteiger partial charge in [0, 0.05) is 35.4 Å². The summed E-state index contributed by atoms with van der Waals surface area (Å²) in [5.74, 6) is 2.45. The Morgan fingerprint density at radius 1 is 1.00 bits per heavy atom. The number of aromatic nitrogens is 2. The fourth-order valence-electron chi connectivity index (χ4n) is 3.82.